The normalized spacial score (nSPS) is 23.3. The third-order valence-corrected chi connectivity index (χ3v) is 3.95. The molecule has 1 saturated heterocycles. The van der Waals surface area contributed by atoms with Gasteiger partial charge >= 0.3 is 0 Å². The quantitative estimate of drug-likeness (QED) is 0.869. The van der Waals surface area contributed by atoms with Gasteiger partial charge in [0.05, 0.1) is 12.1 Å². The minimum atomic E-state index is -0.927. The Balaban J connectivity index is 1.90. The average Bonchev–Trinajstić information content (AvgIpc) is 2.52. The number of nitrogens with zero attached hydrogens (tertiary/aromatic N) is 1. The maximum absolute atomic E-state index is 12.0. The van der Waals surface area contributed by atoms with E-state index >= 15 is 0 Å². The van der Waals surface area contributed by atoms with Gasteiger partial charge in [0.1, 0.15) is 0 Å². The molecule has 0 aliphatic carbocycles. The Hall–Kier alpha value is -2.13. The first kappa shape index (κ1) is 12.9. The molecule has 1 N–H and O–H groups in total. The molecule has 0 aromatic heterocycles. The van der Waals surface area contributed by atoms with Gasteiger partial charge in [-0.3, -0.25) is 4.79 Å². The van der Waals surface area contributed by atoms with Gasteiger partial charge in [-0.25, -0.2) is 0 Å². The molecule has 20 heavy (non-hydrogen) atoms. The lowest BCUT2D eigenvalue weighted by Gasteiger charge is -2.48. The summed E-state index contributed by atoms with van der Waals surface area (Å²) in [4.78, 5) is 13.8. The molecule has 102 valence electrons. The highest BCUT2D eigenvalue weighted by atomic mass is 16.3. The number of aliphatic hydroxyl groups is 1. The number of amides is 1. The van der Waals surface area contributed by atoms with Gasteiger partial charge in [-0.15, -0.1) is 0 Å². The van der Waals surface area contributed by atoms with Crippen molar-refractivity contribution in [2.24, 2.45) is 0 Å². The van der Waals surface area contributed by atoms with Gasteiger partial charge in [0.25, 0.3) is 5.91 Å². The van der Waals surface area contributed by atoms with Crippen LogP contribution in [-0.4, -0.2) is 22.0 Å². The van der Waals surface area contributed by atoms with Gasteiger partial charge in [0, 0.05) is 0 Å². The maximum atomic E-state index is 12.0. The summed E-state index contributed by atoms with van der Waals surface area (Å²) >= 11 is 0. The Kier molecular flexibility index (Phi) is 3.28. The molecular weight excluding hydrogens is 250 g/mol. The molecule has 3 nitrogen and oxygen atoms in total. The van der Waals surface area contributed by atoms with Crippen LogP contribution in [-0.2, 0) is 4.79 Å². The van der Waals surface area contributed by atoms with Crippen LogP contribution in [0.1, 0.15) is 30.1 Å². The van der Waals surface area contributed by atoms with Gasteiger partial charge < -0.3 is 10.0 Å². The topological polar surface area (TPSA) is 40.5 Å². The number of rotatable bonds is 3. The average molecular weight is 267 g/mol. The molecule has 1 fully saturated rings. The van der Waals surface area contributed by atoms with E-state index in [4.69, 9.17) is 0 Å². The number of likely N-dealkylation sites (tertiary alicyclic amines) is 1. The second-order valence-electron chi connectivity index (χ2n) is 5.13. The van der Waals surface area contributed by atoms with Crippen LogP contribution < -0.4 is 0 Å². The third-order valence-electron chi connectivity index (χ3n) is 3.95. The largest absolute Gasteiger partial charge is 0.381 e. The number of hydrogen-bond donors (Lipinski definition) is 1. The fraction of sp³-hybridized carbons (Fsp3) is 0.235. The Morgan fingerprint density at radius 1 is 1.00 bits per heavy atom. The maximum Gasteiger partial charge on any atom is 0.255 e. The summed E-state index contributed by atoms with van der Waals surface area (Å²) in [6.45, 7) is 2.00. The third kappa shape index (κ3) is 2.00. The van der Waals surface area contributed by atoms with Crippen molar-refractivity contribution < 1.29 is 9.90 Å². The lowest BCUT2D eigenvalue weighted by molar-refractivity contribution is -0.172. The molecule has 1 aliphatic heterocycles. The predicted molar refractivity (Wildman–Crippen MR) is 76.9 cm³/mol. The number of aliphatic hydroxyl groups excluding tert-OH is 1. The van der Waals surface area contributed by atoms with Crippen LogP contribution in [0.5, 0.6) is 0 Å². The molecule has 0 bridgehead atoms. The molecule has 3 atom stereocenters. The Morgan fingerprint density at radius 2 is 1.55 bits per heavy atom. The van der Waals surface area contributed by atoms with Crippen LogP contribution in [0.15, 0.2) is 60.7 Å². The number of hydrogen-bond acceptors (Lipinski definition) is 2. The fourth-order valence-electron chi connectivity index (χ4n) is 2.81. The van der Waals surface area contributed by atoms with E-state index in [0.717, 1.165) is 11.1 Å². The van der Waals surface area contributed by atoms with Crippen molar-refractivity contribution in [2.75, 3.05) is 0 Å². The highest BCUT2D eigenvalue weighted by molar-refractivity contribution is 5.89. The molecule has 1 aliphatic rings. The summed E-state index contributed by atoms with van der Waals surface area (Å²) in [6.07, 6.45) is -0.927. The van der Waals surface area contributed by atoms with Gasteiger partial charge in [0.2, 0.25) is 0 Å². The lowest BCUT2D eigenvalue weighted by Crippen LogP contribution is -2.59. The van der Waals surface area contributed by atoms with Crippen molar-refractivity contribution in [3.63, 3.8) is 0 Å². The zero-order valence-electron chi connectivity index (χ0n) is 11.3. The van der Waals surface area contributed by atoms with Gasteiger partial charge in [-0.05, 0) is 18.1 Å². The van der Waals surface area contributed by atoms with Crippen molar-refractivity contribution in [2.45, 2.75) is 25.1 Å². The summed E-state index contributed by atoms with van der Waals surface area (Å²) in [7, 11) is 0. The van der Waals surface area contributed by atoms with E-state index in [2.05, 4.69) is 0 Å². The van der Waals surface area contributed by atoms with E-state index in [1.807, 2.05) is 67.6 Å². The molecule has 1 heterocycles. The van der Waals surface area contributed by atoms with Crippen molar-refractivity contribution in [3.8, 4) is 0 Å². The summed E-state index contributed by atoms with van der Waals surface area (Å²) in [5.74, 6) is -0.199. The first-order valence-corrected chi connectivity index (χ1v) is 6.80. The standard InChI is InChI=1S/C17H17NO2/c1-12(13-8-4-2-5-9-13)18-15(16(19)17(18)20)14-10-6-3-7-11-14/h2-12,15-16,19H,1H3. The van der Waals surface area contributed by atoms with Crippen LogP contribution >= 0.6 is 0 Å². The molecule has 3 rings (SSSR count). The zero-order chi connectivity index (χ0) is 14.1. The Bertz CT molecular complexity index is 597. The van der Waals surface area contributed by atoms with Crippen LogP contribution in [0.2, 0.25) is 0 Å². The highest BCUT2D eigenvalue weighted by Crippen LogP contribution is 2.41. The molecule has 2 aromatic rings. The summed E-state index contributed by atoms with van der Waals surface area (Å²) in [6, 6.07) is 19.3. The fourth-order valence-corrected chi connectivity index (χ4v) is 2.81. The summed E-state index contributed by atoms with van der Waals surface area (Å²) in [5, 5.41) is 10.0. The lowest BCUT2D eigenvalue weighted by atomic mass is 9.87. The van der Waals surface area contributed by atoms with Crippen LogP contribution in [0.25, 0.3) is 0 Å². The molecular formula is C17H17NO2. The minimum Gasteiger partial charge on any atom is -0.381 e. The second kappa shape index (κ2) is 5.10. The minimum absolute atomic E-state index is 0.0442. The van der Waals surface area contributed by atoms with E-state index in [9.17, 15) is 9.90 Å². The van der Waals surface area contributed by atoms with Crippen LogP contribution in [0, 0.1) is 0 Å². The molecule has 0 saturated carbocycles. The Morgan fingerprint density at radius 3 is 2.15 bits per heavy atom. The van der Waals surface area contributed by atoms with Crippen molar-refractivity contribution in [1.82, 2.24) is 4.90 Å². The smallest absolute Gasteiger partial charge is 0.255 e. The van der Waals surface area contributed by atoms with Crippen molar-refractivity contribution in [3.05, 3.63) is 71.8 Å². The monoisotopic (exact) mass is 267 g/mol. The van der Waals surface area contributed by atoms with Gasteiger partial charge in [-0.2, -0.15) is 0 Å². The number of benzene rings is 2. The number of carbonyl (C=O) groups is 1. The molecule has 2 aromatic carbocycles. The van der Waals surface area contributed by atoms with Gasteiger partial charge in [0.15, 0.2) is 6.10 Å². The Labute approximate surface area is 118 Å². The first-order chi connectivity index (χ1) is 9.70. The van der Waals surface area contributed by atoms with Crippen LogP contribution in [0.3, 0.4) is 0 Å². The van der Waals surface area contributed by atoms with E-state index in [1.54, 1.807) is 4.90 Å². The van der Waals surface area contributed by atoms with Crippen molar-refractivity contribution in [1.29, 1.82) is 0 Å². The van der Waals surface area contributed by atoms with E-state index < -0.39 is 6.10 Å². The summed E-state index contributed by atoms with van der Waals surface area (Å²) < 4.78 is 0. The number of carbonyl (C=O) groups excluding carboxylic acids is 1. The molecule has 0 spiro atoms. The van der Waals surface area contributed by atoms with Crippen molar-refractivity contribution >= 4 is 5.91 Å². The SMILES string of the molecule is CC(c1ccccc1)N1C(=O)C(O)C1c1ccccc1. The predicted octanol–water partition coefficient (Wildman–Crippen LogP) is 2.69. The second-order valence-corrected chi connectivity index (χ2v) is 5.13. The van der Waals surface area contributed by atoms with Crippen LogP contribution in [0.4, 0.5) is 0 Å². The molecule has 0 radical (unpaired) electrons. The van der Waals surface area contributed by atoms with E-state index in [0.29, 0.717) is 0 Å². The highest BCUT2D eigenvalue weighted by Gasteiger charge is 2.49. The number of β-lactam (4-membered cyclic amide) rings is 1. The first-order valence-electron chi connectivity index (χ1n) is 6.80. The molecule has 3 unspecified atom stereocenters. The molecule has 1 amide bonds. The zero-order valence-corrected chi connectivity index (χ0v) is 11.3. The molecule has 3 heteroatoms. The summed E-state index contributed by atoms with van der Waals surface area (Å²) in [5.41, 5.74) is 2.05. The van der Waals surface area contributed by atoms with E-state index in [1.165, 1.54) is 0 Å². The van der Waals surface area contributed by atoms with E-state index in [-0.39, 0.29) is 18.0 Å². The van der Waals surface area contributed by atoms with Gasteiger partial charge in [-0.1, -0.05) is 60.7 Å².